The average molecular weight is 590 g/mol. The fraction of sp³-hybridized carbons (Fsp3) is 0.324. The number of anilines is 2. The van der Waals surface area contributed by atoms with Crippen LogP contribution in [0.4, 0.5) is 11.7 Å². The van der Waals surface area contributed by atoms with Gasteiger partial charge < -0.3 is 19.7 Å². The van der Waals surface area contributed by atoms with Crippen LogP contribution in [0.5, 0.6) is 0 Å². The Kier molecular flexibility index (Phi) is 7.12. The molecule has 5 aromatic rings. The molecule has 0 amide bonds. The van der Waals surface area contributed by atoms with Crippen molar-refractivity contribution >= 4 is 17.7 Å². The Hall–Kier alpha value is -4.99. The summed E-state index contributed by atoms with van der Waals surface area (Å²) in [5.41, 5.74) is 9.01. The Morgan fingerprint density at radius 3 is 2.55 bits per heavy atom. The van der Waals surface area contributed by atoms with Crippen LogP contribution in [0.25, 0.3) is 17.1 Å². The number of pyridine rings is 1. The Labute approximate surface area is 255 Å². The monoisotopic (exact) mass is 589 g/mol. The summed E-state index contributed by atoms with van der Waals surface area (Å²) in [6, 6.07) is 19.9. The highest BCUT2D eigenvalue weighted by atomic mass is 16.4. The van der Waals surface area contributed by atoms with Crippen LogP contribution in [0.2, 0.25) is 0 Å². The molecule has 4 heterocycles. The lowest BCUT2D eigenvalue weighted by Gasteiger charge is -2.31. The zero-order chi connectivity index (χ0) is 30.4. The highest BCUT2D eigenvalue weighted by Crippen LogP contribution is 2.41. The minimum absolute atomic E-state index is 0.155. The van der Waals surface area contributed by atoms with Gasteiger partial charge >= 0.3 is 12.0 Å². The van der Waals surface area contributed by atoms with Gasteiger partial charge in [-0.2, -0.15) is 5.10 Å². The highest BCUT2D eigenvalue weighted by Gasteiger charge is 2.28. The van der Waals surface area contributed by atoms with Gasteiger partial charge in [-0.3, -0.25) is 0 Å². The average Bonchev–Trinajstić information content (AvgIpc) is 3.76. The second-order valence-corrected chi connectivity index (χ2v) is 11.8. The standard InChI is InChI=1S/C34H35N7O3/c1-20-18-25(23-14-16-40(17-15-23)34-39-38-22(3)44-34)11-12-28(20)36-30-13-10-24-6-4-7-26(32(24)30)29-8-5-9-31(37-29)41-21(2)27(19-35-41)33(42)43/h4-9,11-12,18-19,23,30,36H,10,13-17H2,1-3H3,(H,42,43). The molecule has 10 nitrogen and oxygen atoms in total. The van der Waals surface area contributed by atoms with Gasteiger partial charge in [-0.25, -0.2) is 14.5 Å². The number of nitrogens with zero attached hydrogens (tertiary/aromatic N) is 6. The Balaban J connectivity index is 1.10. The molecule has 10 heteroatoms. The van der Waals surface area contributed by atoms with E-state index in [1.807, 2.05) is 25.1 Å². The van der Waals surface area contributed by atoms with Crippen molar-refractivity contribution in [1.82, 2.24) is 25.0 Å². The van der Waals surface area contributed by atoms with E-state index in [0.29, 0.717) is 29.3 Å². The lowest BCUT2D eigenvalue weighted by molar-refractivity contribution is 0.0696. The Morgan fingerprint density at radius 2 is 1.82 bits per heavy atom. The summed E-state index contributed by atoms with van der Waals surface area (Å²) in [6.07, 6.45) is 5.47. The van der Waals surface area contributed by atoms with Crippen molar-refractivity contribution in [2.45, 2.75) is 58.4 Å². The van der Waals surface area contributed by atoms with Crippen molar-refractivity contribution in [2.24, 2.45) is 0 Å². The summed E-state index contributed by atoms with van der Waals surface area (Å²) in [7, 11) is 0. The van der Waals surface area contributed by atoms with E-state index >= 15 is 0 Å². The fourth-order valence-corrected chi connectivity index (χ4v) is 6.70. The van der Waals surface area contributed by atoms with Gasteiger partial charge in [0.25, 0.3) is 0 Å². The van der Waals surface area contributed by atoms with E-state index in [9.17, 15) is 9.90 Å². The van der Waals surface area contributed by atoms with Gasteiger partial charge in [-0.1, -0.05) is 41.5 Å². The molecule has 1 atom stereocenters. The van der Waals surface area contributed by atoms with Gasteiger partial charge in [0.15, 0.2) is 5.82 Å². The second-order valence-electron chi connectivity index (χ2n) is 11.8. The Bertz CT molecular complexity index is 1850. The molecular weight excluding hydrogens is 554 g/mol. The summed E-state index contributed by atoms with van der Waals surface area (Å²) < 4.78 is 7.22. The number of piperidine rings is 1. The van der Waals surface area contributed by atoms with Gasteiger partial charge in [0, 0.05) is 31.3 Å². The molecule has 1 aliphatic carbocycles. The van der Waals surface area contributed by atoms with E-state index in [2.05, 4.69) is 68.8 Å². The molecule has 2 N–H and O–H groups in total. The van der Waals surface area contributed by atoms with Gasteiger partial charge in [-0.15, -0.1) is 5.10 Å². The predicted octanol–water partition coefficient (Wildman–Crippen LogP) is 6.42. The quantitative estimate of drug-likeness (QED) is 0.221. The van der Waals surface area contributed by atoms with Crippen molar-refractivity contribution in [3.8, 4) is 17.1 Å². The molecule has 1 fully saturated rings. The van der Waals surface area contributed by atoms with E-state index in [1.54, 1.807) is 11.6 Å². The molecular formula is C34H35N7O3. The molecule has 1 unspecified atom stereocenters. The molecule has 224 valence electrons. The summed E-state index contributed by atoms with van der Waals surface area (Å²) in [5, 5.41) is 25.8. The first-order chi connectivity index (χ1) is 21.4. The van der Waals surface area contributed by atoms with Crippen LogP contribution in [0, 0.1) is 20.8 Å². The molecule has 0 spiro atoms. The largest absolute Gasteiger partial charge is 0.478 e. The number of carboxylic acids is 1. The first-order valence-electron chi connectivity index (χ1n) is 15.2. The molecule has 0 saturated carbocycles. The number of aromatic carboxylic acids is 1. The smallest absolute Gasteiger partial charge is 0.339 e. The number of benzene rings is 2. The lowest BCUT2D eigenvalue weighted by Crippen LogP contribution is -2.33. The van der Waals surface area contributed by atoms with Crippen LogP contribution >= 0.6 is 0 Å². The van der Waals surface area contributed by atoms with Gasteiger partial charge in [0.2, 0.25) is 5.89 Å². The number of rotatable bonds is 7. The van der Waals surface area contributed by atoms with Crippen molar-refractivity contribution in [1.29, 1.82) is 0 Å². The van der Waals surface area contributed by atoms with Crippen LogP contribution in [-0.4, -0.2) is 49.1 Å². The second kappa shape index (κ2) is 11.3. The van der Waals surface area contributed by atoms with Gasteiger partial charge in [0.05, 0.1) is 23.6 Å². The summed E-state index contributed by atoms with van der Waals surface area (Å²) in [6.45, 7) is 7.57. The summed E-state index contributed by atoms with van der Waals surface area (Å²) >= 11 is 0. The molecule has 3 aromatic heterocycles. The number of hydrogen-bond acceptors (Lipinski definition) is 8. The first kappa shape index (κ1) is 27.8. The van der Waals surface area contributed by atoms with E-state index in [1.165, 1.54) is 28.5 Å². The maximum atomic E-state index is 11.6. The molecule has 0 radical (unpaired) electrons. The number of hydrogen-bond donors (Lipinski definition) is 2. The van der Waals surface area contributed by atoms with Gasteiger partial charge in [-0.05, 0) is 85.9 Å². The molecule has 1 saturated heterocycles. The predicted molar refractivity (Wildman–Crippen MR) is 168 cm³/mol. The lowest BCUT2D eigenvalue weighted by atomic mass is 9.88. The molecule has 2 aromatic carbocycles. The topological polar surface area (TPSA) is 122 Å². The van der Waals surface area contributed by atoms with Crippen molar-refractivity contribution in [3.63, 3.8) is 0 Å². The molecule has 0 bridgehead atoms. The van der Waals surface area contributed by atoms with E-state index in [-0.39, 0.29) is 11.6 Å². The van der Waals surface area contributed by atoms with Crippen LogP contribution < -0.4 is 10.2 Å². The van der Waals surface area contributed by atoms with Crippen LogP contribution in [0.1, 0.15) is 75.4 Å². The zero-order valence-corrected chi connectivity index (χ0v) is 25.1. The molecule has 1 aliphatic heterocycles. The van der Waals surface area contributed by atoms with Gasteiger partial charge in [0.1, 0.15) is 5.56 Å². The maximum Gasteiger partial charge on any atom is 0.339 e. The molecule has 44 heavy (non-hydrogen) atoms. The summed E-state index contributed by atoms with van der Waals surface area (Å²) in [5.74, 6) is 0.703. The highest BCUT2D eigenvalue weighted by molar-refractivity contribution is 5.88. The van der Waals surface area contributed by atoms with E-state index in [4.69, 9.17) is 9.40 Å². The maximum absolute atomic E-state index is 11.6. The third-order valence-corrected chi connectivity index (χ3v) is 9.05. The molecule has 7 rings (SSSR count). The Morgan fingerprint density at radius 1 is 1.00 bits per heavy atom. The third-order valence-electron chi connectivity index (χ3n) is 9.05. The van der Waals surface area contributed by atoms with Crippen molar-refractivity contribution < 1.29 is 14.3 Å². The summed E-state index contributed by atoms with van der Waals surface area (Å²) in [4.78, 5) is 18.7. The zero-order valence-electron chi connectivity index (χ0n) is 25.1. The van der Waals surface area contributed by atoms with E-state index in [0.717, 1.165) is 55.7 Å². The SMILES string of the molecule is Cc1nnc(N2CCC(c3ccc(NC4CCc5cccc(-c6cccc(-n7ncc(C(=O)O)c7C)n6)c54)c(C)c3)CC2)o1. The number of carboxylic acid groups (broad SMARTS) is 1. The minimum Gasteiger partial charge on any atom is -0.478 e. The minimum atomic E-state index is -0.996. The van der Waals surface area contributed by atoms with Crippen molar-refractivity contribution in [3.05, 3.63) is 100 Å². The van der Waals surface area contributed by atoms with Crippen molar-refractivity contribution in [2.75, 3.05) is 23.3 Å². The number of aromatic nitrogens is 5. The van der Waals surface area contributed by atoms with E-state index < -0.39 is 5.97 Å². The fourth-order valence-electron chi connectivity index (χ4n) is 6.70. The third kappa shape index (κ3) is 5.10. The first-order valence-corrected chi connectivity index (χ1v) is 15.2. The number of nitrogens with one attached hydrogen (secondary N) is 1. The number of fused-ring (bicyclic) bond motifs is 1. The normalized spacial score (nSPS) is 16.7. The molecule has 2 aliphatic rings. The van der Waals surface area contributed by atoms with Crippen LogP contribution in [-0.2, 0) is 6.42 Å². The van der Waals surface area contributed by atoms with Crippen LogP contribution in [0.15, 0.2) is 65.2 Å². The van der Waals surface area contributed by atoms with Crippen LogP contribution in [0.3, 0.4) is 0 Å². The number of carbonyl (C=O) groups is 1. The number of aryl methyl sites for hydroxylation is 3.